The van der Waals surface area contributed by atoms with Crippen LogP contribution in [0, 0.1) is 0 Å². The third kappa shape index (κ3) is 3.20. The van der Waals surface area contributed by atoms with Crippen LogP contribution in [0.4, 0.5) is 11.4 Å². The largest absolute Gasteiger partial charge is 0.399 e. The van der Waals surface area contributed by atoms with Crippen LogP contribution in [0.3, 0.4) is 0 Å². The number of nitrogens with zero attached hydrogens (tertiary/aromatic N) is 1. The lowest BCUT2D eigenvalue weighted by Crippen LogP contribution is -2.36. The van der Waals surface area contributed by atoms with Gasteiger partial charge in [-0.3, -0.25) is 4.79 Å². The number of anilines is 2. The quantitative estimate of drug-likeness (QED) is 0.799. The van der Waals surface area contributed by atoms with E-state index in [0.717, 1.165) is 37.6 Å². The summed E-state index contributed by atoms with van der Waals surface area (Å²) in [5, 5.41) is 0. The topological polar surface area (TPSA) is 55.6 Å². The summed E-state index contributed by atoms with van der Waals surface area (Å²) in [6.07, 6.45) is 0.447. The fourth-order valence-corrected chi connectivity index (χ4v) is 2.09. The van der Waals surface area contributed by atoms with Crippen LogP contribution in [-0.2, 0) is 16.0 Å². The Balaban J connectivity index is 2.20. The van der Waals surface area contributed by atoms with Crippen molar-refractivity contribution in [2.45, 2.75) is 13.3 Å². The van der Waals surface area contributed by atoms with Gasteiger partial charge in [0.2, 0.25) is 0 Å². The van der Waals surface area contributed by atoms with Crippen molar-refractivity contribution in [1.29, 1.82) is 0 Å². The number of hydrogen-bond donors (Lipinski definition) is 1. The second-order valence-electron chi connectivity index (χ2n) is 4.41. The van der Waals surface area contributed by atoms with Crippen molar-refractivity contribution in [3.8, 4) is 0 Å². The molecule has 0 spiro atoms. The molecule has 2 N–H and O–H groups in total. The molecule has 0 aromatic heterocycles. The molecule has 2 rings (SSSR count). The van der Waals surface area contributed by atoms with Crippen molar-refractivity contribution in [3.63, 3.8) is 0 Å². The Morgan fingerprint density at radius 1 is 1.35 bits per heavy atom. The van der Waals surface area contributed by atoms with E-state index >= 15 is 0 Å². The van der Waals surface area contributed by atoms with Crippen LogP contribution in [0.15, 0.2) is 18.2 Å². The van der Waals surface area contributed by atoms with Crippen molar-refractivity contribution in [2.75, 3.05) is 36.9 Å². The molecule has 1 aliphatic rings. The van der Waals surface area contributed by atoms with Gasteiger partial charge in [-0.2, -0.15) is 0 Å². The first-order chi connectivity index (χ1) is 8.15. The van der Waals surface area contributed by atoms with Crippen LogP contribution in [-0.4, -0.2) is 32.1 Å². The van der Waals surface area contributed by atoms with Crippen molar-refractivity contribution in [3.05, 3.63) is 23.8 Å². The summed E-state index contributed by atoms with van der Waals surface area (Å²) in [5.41, 5.74) is 8.66. The van der Waals surface area contributed by atoms with Crippen LogP contribution in [0.5, 0.6) is 0 Å². The number of Topliss-reactive ketones (excluding diaryl/α,β-unsaturated/α-hetero) is 1. The lowest BCUT2D eigenvalue weighted by molar-refractivity contribution is -0.116. The second kappa shape index (κ2) is 5.19. The van der Waals surface area contributed by atoms with Gasteiger partial charge < -0.3 is 15.4 Å². The van der Waals surface area contributed by atoms with Gasteiger partial charge in [0.1, 0.15) is 5.78 Å². The minimum atomic E-state index is 0.156. The maximum atomic E-state index is 11.1. The van der Waals surface area contributed by atoms with E-state index in [1.54, 1.807) is 6.92 Å². The number of ether oxygens (including phenoxy) is 1. The van der Waals surface area contributed by atoms with E-state index in [1.165, 1.54) is 0 Å². The molecule has 1 aromatic carbocycles. The third-order valence-electron chi connectivity index (χ3n) is 2.83. The van der Waals surface area contributed by atoms with Gasteiger partial charge in [0.05, 0.1) is 13.2 Å². The van der Waals surface area contributed by atoms with E-state index in [4.69, 9.17) is 10.5 Å². The highest BCUT2D eigenvalue weighted by molar-refractivity contribution is 5.79. The zero-order chi connectivity index (χ0) is 12.3. The summed E-state index contributed by atoms with van der Waals surface area (Å²) in [6.45, 7) is 4.84. The zero-order valence-electron chi connectivity index (χ0n) is 10.1. The Labute approximate surface area is 101 Å². The summed E-state index contributed by atoms with van der Waals surface area (Å²) in [6, 6.07) is 5.86. The predicted octanol–water partition coefficient (Wildman–Crippen LogP) is 1.24. The van der Waals surface area contributed by atoms with Gasteiger partial charge in [-0.1, -0.05) is 0 Å². The van der Waals surface area contributed by atoms with Gasteiger partial charge in [0, 0.05) is 30.9 Å². The smallest absolute Gasteiger partial charge is 0.134 e. The van der Waals surface area contributed by atoms with E-state index < -0.39 is 0 Å². The summed E-state index contributed by atoms with van der Waals surface area (Å²) < 4.78 is 5.32. The first-order valence-electron chi connectivity index (χ1n) is 5.87. The van der Waals surface area contributed by atoms with Crippen LogP contribution in [0.2, 0.25) is 0 Å². The Bertz CT molecular complexity index is 412. The molecule has 0 bridgehead atoms. The average Bonchev–Trinajstić information content (AvgIpc) is 2.28. The number of nitrogen functional groups attached to an aromatic ring is 1. The van der Waals surface area contributed by atoms with Crippen molar-refractivity contribution >= 4 is 17.2 Å². The monoisotopic (exact) mass is 234 g/mol. The SMILES string of the molecule is CC(=O)Cc1cc(N)cc(N2CCOCC2)c1. The molecule has 1 aliphatic heterocycles. The number of carbonyl (C=O) groups excluding carboxylic acids is 1. The van der Waals surface area contributed by atoms with E-state index in [1.807, 2.05) is 18.2 Å². The molecule has 1 fully saturated rings. The van der Waals surface area contributed by atoms with Crippen molar-refractivity contribution < 1.29 is 9.53 Å². The first kappa shape index (κ1) is 11.9. The lowest BCUT2D eigenvalue weighted by Gasteiger charge is -2.29. The molecular formula is C13H18N2O2. The molecule has 1 saturated heterocycles. The second-order valence-corrected chi connectivity index (χ2v) is 4.41. The van der Waals surface area contributed by atoms with E-state index in [-0.39, 0.29) is 5.78 Å². The van der Waals surface area contributed by atoms with Gasteiger partial charge >= 0.3 is 0 Å². The molecule has 1 aromatic rings. The molecule has 0 unspecified atom stereocenters. The number of morpholine rings is 1. The van der Waals surface area contributed by atoms with Gasteiger partial charge in [-0.05, 0) is 30.7 Å². The fourth-order valence-electron chi connectivity index (χ4n) is 2.09. The molecule has 17 heavy (non-hydrogen) atoms. The van der Waals surface area contributed by atoms with Gasteiger partial charge in [0.15, 0.2) is 0 Å². The standard InChI is InChI=1S/C13H18N2O2/c1-10(16)6-11-7-12(14)9-13(8-11)15-2-4-17-5-3-15/h7-9H,2-6,14H2,1H3. The molecule has 0 radical (unpaired) electrons. The molecule has 0 saturated carbocycles. The van der Waals surface area contributed by atoms with E-state index in [0.29, 0.717) is 12.1 Å². The number of rotatable bonds is 3. The van der Waals surface area contributed by atoms with Gasteiger partial charge in [-0.25, -0.2) is 0 Å². The molecule has 4 heteroatoms. The Morgan fingerprint density at radius 2 is 2.06 bits per heavy atom. The molecule has 0 atom stereocenters. The van der Waals surface area contributed by atoms with Gasteiger partial charge in [-0.15, -0.1) is 0 Å². The normalized spacial score (nSPS) is 15.9. The molecule has 0 amide bonds. The average molecular weight is 234 g/mol. The van der Waals surface area contributed by atoms with Crippen LogP contribution >= 0.6 is 0 Å². The summed E-state index contributed by atoms with van der Waals surface area (Å²) in [4.78, 5) is 13.4. The summed E-state index contributed by atoms with van der Waals surface area (Å²) >= 11 is 0. The molecular weight excluding hydrogens is 216 g/mol. The number of carbonyl (C=O) groups is 1. The highest BCUT2D eigenvalue weighted by atomic mass is 16.5. The highest BCUT2D eigenvalue weighted by Gasteiger charge is 2.12. The van der Waals surface area contributed by atoms with E-state index in [2.05, 4.69) is 4.90 Å². The predicted molar refractivity (Wildman–Crippen MR) is 68.3 cm³/mol. The maximum absolute atomic E-state index is 11.1. The number of ketones is 1. The number of nitrogens with two attached hydrogens (primary N) is 1. The van der Waals surface area contributed by atoms with Crippen LogP contribution in [0.1, 0.15) is 12.5 Å². The van der Waals surface area contributed by atoms with Crippen molar-refractivity contribution in [2.24, 2.45) is 0 Å². The third-order valence-corrected chi connectivity index (χ3v) is 2.83. The Kier molecular flexibility index (Phi) is 3.64. The molecule has 92 valence electrons. The molecule has 4 nitrogen and oxygen atoms in total. The summed E-state index contributed by atoms with van der Waals surface area (Å²) in [7, 11) is 0. The number of hydrogen-bond acceptors (Lipinski definition) is 4. The molecule has 0 aliphatic carbocycles. The Morgan fingerprint density at radius 3 is 2.71 bits per heavy atom. The minimum Gasteiger partial charge on any atom is -0.399 e. The minimum absolute atomic E-state index is 0.156. The first-order valence-corrected chi connectivity index (χ1v) is 5.87. The highest BCUT2D eigenvalue weighted by Crippen LogP contribution is 2.22. The zero-order valence-corrected chi connectivity index (χ0v) is 10.1. The Hall–Kier alpha value is -1.55. The van der Waals surface area contributed by atoms with E-state index in [9.17, 15) is 4.79 Å². The summed E-state index contributed by atoms with van der Waals surface area (Å²) in [5.74, 6) is 0.156. The maximum Gasteiger partial charge on any atom is 0.134 e. The fraction of sp³-hybridized carbons (Fsp3) is 0.462. The van der Waals surface area contributed by atoms with Crippen molar-refractivity contribution in [1.82, 2.24) is 0 Å². The molecule has 1 heterocycles. The van der Waals surface area contributed by atoms with Crippen LogP contribution in [0.25, 0.3) is 0 Å². The number of benzene rings is 1. The lowest BCUT2D eigenvalue weighted by atomic mass is 10.1. The van der Waals surface area contributed by atoms with Gasteiger partial charge in [0.25, 0.3) is 0 Å². The van der Waals surface area contributed by atoms with Crippen LogP contribution < -0.4 is 10.6 Å².